The number of amides is 2. The Kier molecular flexibility index (Phi) is 6.39. The maximum atomic E-state index is 12.6. The van der Waals surface area contributed by atoms with Crippen LogP contribution in [0.4, 0.5) is 10.5 Å². The number of hydrogen-bond acceptors (Lipinski definition) is 4. The summed E-state index contributed by atoms with van der Waals surface area (Å²) in [6.45, 7) is 7.04. The zero-order chi connectivity index (χ0) is 21.3. The molecule has 1 saturated heterocycles. The first-order valence-electron chi connectivity index (χ1n) is 11.5. The van der Waals surface area contributed by atoms with E-state index in [4.69, 9.17) is 0 Å². The fraction of sp³-hybridized carbons (Fsp3) is 0.696. The topological polar surface area (TPSA) is 78.5 Å². The Balaban J connectivity index is 1.36. The Morgan fingerprint density at radius 2 is 1.70 bits per heavy atom. The van der Waals surface area contributed by atoms with Crippen molar-refractivity contribution in [3.05, 3.63) is 28.3 Å². The first kappa shape index (κ1) is 21.6. The zero-order valence-electron chi connectivity index (χ0n) is 18.3. The van der Waals surface area contributed by atoms with Gasteiger partial charge in [0.05, 0.1) is 5.75 Å². The molecule has 1 unspecified atom stereocenters. The fourth-order valence-electron chi connectivity index (χ4n) is 5.40. The maximum Gasteiger partial charge on any atom is 0.332 e. The number of nitrogens with zero attached hydrogens (tertiary/aromatic N) is 1. The van der Waals surface area contributed by atoms with E-state index in [1.165, 1.54) is 35.1 Å². The third kappa shape index (κ3) is 4.99. The van der Waals surface area contributed by atoms with Crippen LogP contribution in [-0.4, -0.2) is 44.7 Å². The van der Waals surface area contributed by atoms with Crippen molar-refractivity contribution >= 4 is 21.7 Å². The van der Waals surface area contributed by atoms with Gasteiger partial charge in [0.25, 0.3) is 0 Å². The SMILES string of the molecule is CC1CCN(CC(C)CS(=O)(=O)NC(=O)Nc2c3c(cc4c2CCC4)CCC3)CC1. The second kappa shape index (κ2) is 8.87. The quantitative estimate of drug-likeness (QED) is 0.720. The first-order chi connectivity index (χ1) is 14.3. The first-order valence-corrected chi connectivity index (χ1v) is 13.2. The van der Waals surface area contributed by atoms with Gasteiger partial charge in [-0.1, -0.05) is 19.9 Å². The lowest BCUT2D eigenvalue weighted by molar-refractivity contribution is 0.175. The fourth-order valence-corrected chi connectivity index (χ4v) is 6.67. The number of nitrogens with one attached hydrogen (secondary N) is 2. The Morgan fingerprint density at radius 3 is 2.30 bits per heavy atom. The molecule has 0 spiro atoms. The molecular weight excluding hydrogens is 398 g/mol. The maximum absolute atomic E-state index is 12.6. The van der Waals surface area contributed by atoms with E-state index >= 15 is 0 Å². The van der Waals surface area contributed by atoms with E-state index in [1.54, 1.807) is 0 Å². The van der Waals surface area contributed by atoms with Gasteiger partial charge in [-0.15, -0.1) is 0 Å². The minimum atomic E-state index is -3.68. The summed E-state index contributed by atoms with van der Waals surface area (Å²) in [5.41, 5.74) is 5.92. The van der Waals surface area contributed by atoms with Crippen LogP contribution < -0.4 is 10.0 Å². The number of carbonyl (C=O) groups excluding carboxylic acids is 1. The molecule has 1 fully saturated rings. The lowest BCUT2D eigenvalue weighted by Gasteiger charge is -2.32. The van der Waals surface area contributed by atoms with E-state index in [0.29, 0.717) is 0 Å². The van der Waals surface area contributed by atoms with Crippen molar-refractivity contribution in [2.24, 2.45) is 11.8 Å². The molecule has 2 N–H and O–H groups in total. The third-order valence-electron chi connectivity index (χ3n) is 6.91. The predicted octanol–water partition coefficient (Wildman–Crippen LogP) is 3.48. The normalized spacial score (nSPS) is 20.6. The van der Waals surface area contributed by atoms with E-state index in [1.807, 2.05) is 6.92 Å². The molecule has 4 rings (SSSR count). The number of aryl methyl sites for hydroxylation is 2. The molecule has 2 amide bonds. The largest absolute Gasteiger partial charge is 0.332 e. The molecule has 6 nitrogen and oxygen atoms in total. The minimum Gasteiger partial charge on any atom is -0.307 e. The minimum absolute atomic E-state index is 0.0195. The zero-order valence-corrected chi connectivity index (χ0v) is 19.1. The number of carbonyl (C=O) groups is 1. The number of benzene rings is 1. The van der Waals surface area contributed by atoms with Crippen LogP contribution in [0, 0.1) is 11.8 Å². The molecule has 0 bridgehead atoms. The van der Waals surface area contributed by atoms with Gasteiger partial charge in [-0.05, 0) is 98.5 Å². The van der Waals surface area contributed by atoms with Crippen LogP contribution in [0.15, 0.2) is 6.07 Å². The number of sulfonamides is 1. The molecule has 30 heavy (non-hydrogen) atoms. The highest BCUT2D eigenvalue weighted by atomic mass is 32.2. The average molecular weight is 434 g/mol. The Morgan fingerprint density at radius 1 is 1.10 bits per heavy atom. The number of piperidine rings is 1. The summed E-state index contributed by atoms with van der Waals surface area (Å²) in [6.07, 6.45) is 8.54. The summed E-state index contributed by atoms with van der Waals surface area (Å²) in [6, 6.07) is 1.68. The molecule has 3 aliphatic rings. The summed E-state index contributed by atoms with van der Waals surface area (Å²) in [5.74, 6) is 0.706. The van der Waals surface area contributed by atoms with E-state index in [2.05, 4.69) is 27.9 Å². The molecule has 0 aromatic heterocycles. The molecule has 1 aromatic rings. The molecule has 1 aromatic carbocycles. The van der Waals surface area contributed by atoms with Gasteiger partial charge in [0.15, 0.2) is 0 Å². The number of urea groups is 1. The van der Waals surface area contributed by atoms with Crippen LogP contribution in [0.25, 0.3) is 0 Å². The summed E-state index contributed by atoms with van der Waals surface area (Å²) >= 11 is 0. The van der Waals surface area contributed by atoms with Crippen molar-refractivity contribution in [3.8, 4) is 0 Å². The second-order valence-electron chi connectivity index (χ2n) is 9.66. The van der Waals surface area contributed by atoms with Gasteiger partial charge >= 0.3 is 6.03 Å². The number of anilines is 1. The Labute approximate surface area is 180 Å². The number of likely N-dealkylation sites (tertiary alicyclic amines) is 1. The molecule has 1 heterocycles. The van der Waals surface area contributed by atoms with Crippen LogP contribution in [0.3, 0.4) is 0 Å². The van der Waals surface area contributed by atoms with Gasteiger partial charge in [-0.25, -0.2) is 17.9 Å². The summed E-state index contributed by atoms with van der Waals surface area (Å²) in [7, 11) is -3.68. The van der Waals surface area contributed by atoms with Crippen molar-refractivity contribution in [2.45, 2.75) is 65.2 Å². The Hall–Kier alpha value is -1.60. The van der Waals surface area contributed by atoms with Crippen molar-refractivity contribution in [1.82, 2.24) is 9.62 Å². The number of hydrogen-bond donors (Lipinski definition) is 2. The van der Waals surface area contributed by atoms with Crippen LogP contribution in [0.1, 0.15) is 61.8 Å². The third-order valence-corrected chi connectivity index (χ3v) is 8.41. The van der Waals surface area contributed by atoms with Crippen molar-refractivity contribution in [3.63, 3.8) is 0 Å². The summed E-state index contributed by atoms with van der Waals surface area (Å²) < 4.78 is 27.5. The second-order valence-corrected chi connectivity index (χ2v) is 11.4. The summed E-state index contributed by atoms with van der Waals surface area (Å²) in [5, 5.41) is 2.92. The van der Waals surface area contributed by atoms with Crippen molar-refractivity contribution < 1.29 is 13.2 Å². The van der Waals surface area contributed by atoms with E-state index in [0.717, 1.165) is 69.8 Å². The van der Waals surface area contributed by atoms with Gasteiger partial charge in [0, 0.05) is 12.2 Å². The molecule has 166 valence electrons. The standard InChI is InChI=1S/C23H35N3O3S/c1-16-9-11-26(12-10-16)14-17(2)15-30(28,29)25-23(27)24-22-20-7-3-5-18(20)13-19-6-4-8-21(19)22/h13,16-17H,3-12,14-15H2,1-2H3,(H2,24,25,27). The van der Waals surface area contributed by atoms with Gasteiger partial charge in [-0.2, -0.15) is 0 Å². The van der Waals surface area contributed by atoms with Gasteiger partial charge in [0.1, 0.15) is 0 Å². The van der Waals surface area contributed by atoms with Crippen LogP contribution in [0.5, 0.6) is 0 Å². The molecule has 7 heteroatoms. The van der Waals surface area contributed by atoms with Crippen LogP contribution in [0.2, 0.25) is 0 Å². The number of fused-ring (bicyclic) bond motifs is 2. The smallest absolute Gasteiger partial charge is 0.307 e. The molecule has 2 aliphatic carbocycles. The van der Waals surface area contributed by atoms with Crippen molar-refractivity contribution in [2.75, 3.05) is 30.7 Å². The lowest BCUT2D eigenvalue weighted by Crippen LogP contribution is -2.41. The molecule has 1 aliphatic heterocycles. The Bertz CT molecular complexity index is 873. The highest BCUT2D eigenvalue weighted by molar-refractivity contribution is 7.90. The van der Waals surface area contributed by atoms with E-state index in [9.17, 15) is 13.2 Å². The van der Waals surface area contributed by atoms with Gasteiger partial charge in [0.2, 0.25) is 10.0 Å². The predicted molar refractivity (Wildman–Crippen MR) is 120 cm³/mol. The molecule has 1 atom stereocenters. The average Bonchev–Trinajstić information content (AvgIpc) is 3.31. The highest BCUT2D eigenvalue weighted by Crippen LogP contribution is 2.38. The number of rotatable bonds is 6. The monoisotopic (exact) mass is 433 g/mol. The molecular formula is C23H35N3O3S. The van der Waals surface area contributed by atoms with Crippen LogP contribution >= 0.6 is 0 Å². The van der Waals surface area contributed by atoms with Gasteiger partial charge in [-0.3, -0.25) is 0 Å². The summed E-state index contributed by atoms with van der Waals surface area (Å²) in [4.78, 5) is 15.0. The molecule has 0 saturated carbocycles. The van der Waals surface area contributed by atoms with E-state index in [-0.39, 0.29) is 11.7 Å². The lowest BCUT2D eigenvalue weighted by atomic mass is 9.98. The van der Waals surface area contributed by atoms with Gasteiger partial charge < -0.3 is 10.2 Å². The van der Waals surface area contributed by atoms with E-state index < -0.39 is 16.1 Å². The van der Waals surface area contributed by atoms with Crippen molar-refractivity contribution in [1.29, 1.82) is 0 Å². The highest BCUT2D eigenvalue weighted by Gasteiger charge is 2.27. The van der Waals surface area contributed by atoms with Crippen LogP contribution in [-0.2, 0) is 35.7 Å². The molecule has 0 radical (unpaired) electrons.